The van der Waals surface area contributed by atoms with Gasteiger partial charge >= 0.3 is 0 Å². The SMILES string of the molecule is COC[C@]1(Nc2ccccc2)CCN(Cc2ccccc2)C[C@H]1C. The average molecular weight is 324 g/mol. The molecular weight excluding hydrogens is 296 g/mol. The Hall–Kier alpha value is -1.84. The summed E-state index contributed by atoms with van der Waals surface area (Å²) in [6, 6.07) is 21.2. The van der Waals surface area contributed by atoms with Crippen molar-refractivity contribution in [2.24, 2.45) is 5.92 Å². The minimum atomic E-state index is 0.00327. The zero-order valence-corrected chi connectivity index (χ0v) is 14.7. The minimum Gasteiger partial charge on any atom is -0.382 e. The first-order valence-corrected chi connectivity index (χ1v) is 8.80. The van der Waals surface area contributed by atoms with Gasteiger partial charge in [0.25, 0.3) is 0 Å². The van der Waals surface area contributed by atoms with Crippen LogP contribution in [0.5, 0.6) is 0 Å². The molecule has 3 rings (SSSR count). The van der Waals surface area contributed by atoms with Crippen LogP contribution >= 0.6 is 0 Å². The zero-order valence-electron chi connectivity index (χ0n) is 14.7. The van der Waals surface area contributed by atoms with Gasteiger partial charge in [0.1, 0.15) is 0 Å². The van der Waals surface area contributed by atoms with Gasteiger partial charge in [-0.2, -0.15) is 0 Å². The summed E-state index contributed by atoms with van der Waals surface area (Å²) in [5.74, 6) is 0.509. The summed E-state index contributed by atoms with van der Waals surface area (Å²) in [4.78, 5) is 2.56. The maximum absolute atomic E-state index is 5.60. The van der Waals surface area contributed by atoms with Crippen LogP contribution in [0.1, 0.15) is 18.9 Å². The van der Waals surface area contributed by atoms with Gasteiger partial charge in [0.2, 0.25) is 0 Å². The normalized spacial score (nSPS) is 24.7. The van der Waals surface area contributed by atoms with E-state index in [1.807, 2.05) is 0 Å². The number of para-hydroxylation sites is 1. The predicted molar refractivity (Wildman–Crippen MR) is 100 cm³/mol. The summed E-state index contributed by atoms with van der Waals surface area (Å²) in [7, 11) is 1.80. The number of likely N-dealkylation sites (tertiary alicyclic amines) is 1. The topological polar surface area (TPSA) is 24.5 Å². The molecule has 1 heterocycles. The van der Waals surface area contributed by atoms with Crippen LogP contribution in [0.3, 0.4) is 0 Å². The smallest absolute Gasteiger partial charge is 0.0696 e. The molecule has 1 aliphatic heterocycles. The summed E-state index contributed by atoms with van der Waals surface area (Å²) in [5, 5.41) is 3.78. The van der Waals surface area contributed by atoms with Gasteiger partial charge < -0.3 is 10.1 Å². The molecule has 0 saturated carbocycles. The van der Waals surface area contributed by atoms with Gasteiger partial charge in [-0.25, -0.2) is 0 Å². The van der Waals surface area contributed by atoms with Gasteiger partial charge in [-0.15, -0.1) is 0 Å². The maximum Gasteiger partial charge on any atom is 0.0696 e. The van der Waals surface area contributed by atoms with E-state index >= 15 is 0 Å². The van der Waals surface area contributed by atoms with Crippen LogP contribution in [0, 0.1) is 5.92 Å². The molecule has 0 radical (unpaired) electrons. The van der Waals surface area contributed by atoms with Crippen LogP contribution < -0.4 is 5.32 Å². The molecule has 2 aromatic carbocycles. The lowest BCUT2D eigenvalue weighted by atomic mass is 9.79. The zero-order chi connectivity index (χ0) is 16.8. The highest BCUT2D eigenvalue weighted by atomic mass is 16.5. The molecule has 1 N–H and O–H groups in total. The molecule has 1 saturated heterocycles. The number of piperidine rings is 1. The monoisotopic (exact) mass is 324 g/mol. The Morgan fingerprint density at radius 3 is 2.38 bits per heavy atom. The second kappa shape index (κ2) is 7.82. The molecular formula is C21H28N2O. The third-order valence-corrected chi connectivity index (χ3v) is 5.17. The van der Waals surface area contributed by atoms with Gasteiger partial charge in [-0.3, -0.25) is 4.90 Å². The van der Waals surface area contributed by atoms with E-state index in [0.29, 0.717) is 5.92 Å². The van der Waals surface area contributed by atoms with Crippen molar-refractivity contribution in [2.45, 2.75) is 25.4 Å². The molecule has 24 heavy (non-hydrogen) atoms. The van der Waals surface area contributed by atoms with Gasteiger partial charge in [-0.05, 0) is 30.0 Å². The van der Waals surface area contributed by atoms with Crippen LogP contribution in [0.25, 0.3) is 0 Å². The lowest BCUT2D eigenvalue weighted by Gasteiger charge is -2.47. The van der Waals surface area contributed by atoms with Crippen LogP contribution in [0.4, 0.5) is 5.69 Å². The van der Waals surface area contributed by atoms with Gasteiger partial charge in [-0.1, -0.05) is 55.5 Å². The highest BCUT2D eigenvalue weighted by Gasteiger charge is 2.40. The van der Waals surface area contributed by atoms with E-state index in [1.165, 1.54) is 11.3 Å². The lowest BCUT2D eigenvalue weighted by molar-refractivity contribution is 0.0477. The largest absolute Gasteiger partial charge is 0.382 e. The summed E-state index contributed by atoms with van der Waals surface area (Å²) in [5.41, 5.74) is 2.57. The summed E-state index contributed by atoms with van der Waals surface area (Å²) in [6.45, 7) is 6.27. The van der Waals surface area contributed by atoms with Crippen molar-refractivity contribution in [3.05, 3.63) is 66.2 Å². The standard InChI is InChI=1S/C21H28N2O/c1-18-15-23(16-19-9-5-3-6-10-19)14-13-21(18,17-24-2)22-20-11-7-4-8-12-20/h3-12,18,22H,13-17H2,1-2H3/t18-,21-/m1/s1. The van der Waals surface area contributed by atoms with Gasteiger partial charge in [0.15, 0.2) is 0 Å². The molecule has 0 bridgehead atoms. The second-order valence-corrected chi connectivity index (χ2v) is 6.95. The number of nitrogens with one attached hydrogen (secondary N) is 1. The molecule has 3 nitrogen and oxygen atoms in total. The molecule has 0 spiro atoms. The van der Waals surface area contributed by atoms with Crippen LogP contribution in [-0.2, 0) is 11.3 Å². The number of hydrogen-bond donors (Lipinski definition) is 1. The van der Waals surface area contributed by atoms with Crippen molar-refractivity contribution in [1.82, 2.24) is 4.90 Å². The molecule has 0 aliphatic carbocycles. The molecule has 1 fully saturated rings. The van der Waals surface area contributed by atoms with E-state index in [-0.39, 0.29) is 5.54 Å². The molecule has 0 unspecified atom stereocenters. The summed E-state index contributed by atoms with van der Waals surface area (Å²) < 4.78 is 5.60. The van der Waals surface area contributed by atoms with Crippen molar-refractivity contribution in [3.8, 4) is 0 Å². The first-order chi connectivity index (χ1) is 11.7. The number of rotatable bonds is 6. The van der Waals surface area contributed by atoms with E-state index in [4.69, 9.17) is 4.74 Å². The Bertz CT molecular complexity index is 616. The highest BCUT2D eigenvalue weighted by molar-refractivity contribution is 5.45. The Labute approximate surface area is 145 Å². The highest BCUT2D eigenvalue weighted by Crippen LogP contribution is 2.32. The summed E-state index contributed by atoms with van der Waals surface area (Å²) >= 11 is 0. The van der Waals surface area contributed by atoms with Crippen molar-refractivity contribution in [1.29, 1.82) is 0 Å². The van der Waals surface area contributed by atoms with Gasteiger partial charge in [0, 0.05) is 32.4 Å². The predicted octanol–water partition coefficient (Wildman–Crippen LogP) is 4.03. The van der Waals surface area contributed by atoms with Crippen molar-refractivity contribution in [2.75, 3.05) is 32.1 Å². The number of nitrogens with zero attached hydrogens (tertiary/aromatic N) is 1. The average Bonchev–Trinajstić information content (AvgIpc) is 2.60. The Morgan fingerprint density at radius 2 is 1.75 bits per heavy atom. The fraction of sp³-hybridized carbons (Fsp3) is 0.429. The number of benzene rings is 2. The molecule has 0 aromatic heterocycles. The lowest BCUT2D eigenvalue weighted by Crippen LogP contribution is -2.57. The summed E-state index contributed by atoms with van der Waals surface area (Å²) in [6.07, 6.45) is 1.09. The van der Waals surface area contributed by atoms with Crippen molar-refractivity contribution >= 4 is 5.69 Å². The fourth-order valence-corrected chi connectivity index (χ4v) is 3.75. The van der Waals surface area contributed by atoms with Gasteiger partial charge in [0.05, 0.1) is 12.1 Å². The maximum atomic E-state index is 5.60. The Morgan fingerprint density at radius 1 is 1.08 bits per heavy atom. The third kappa shape index (κ3) is 3.97. The van der Waals surface area contributed by atoms with E-state index in [9.17, 15) is 0 Å². The Kier molecular flexibility index (Phi) is 5.54. The minimum absolute atomic E-state index is 0.00327. The number of hydrogen-bond acceptors (Lipinski definition) is 3. The third-order valence-electron chi connectivity index (χ3n) is 5.17. The van der Waals surface area contributed by atoms with E-state index in [0.717, 1.165) is 32.7 Å². The fourth-order valence-electron chi connectivity index (χ4n) is 3.75. The second-order valence-electron chi connectivity index (χ2n) is 6.95. The molecule has 3 heteroatoms. The van der Waals surface area contributed by atoms with Crippen LogP contribution in [0.15, 0.2) is 60.7 Å². The first kappa shape index (κ1) is 17.0. The van der Waals surface area contributed by atoms with E-state index < -0.39 is 0 Å². The Balaban J connectivity index is 1.69. The molecule has 128 valence electrons. The molecule has 2 atom stereocenters. The van der Waals surface area contributed by atoms with Crippen molar-refractivity contribution in [3.63, 3.8) is 0 Å². The molecule has 0 amide bonds. The quantitative estimate of drug-likeness (QED) is 0.868. The number of methoxy groups -OCH3 is 1. The molecule has 1 aliphatic rings. The van der Waals surface area contributed by atoms with Crippen LogP contribution in [-0.4, -0.2) is 37.2 Å². The van der Waals surface area contributed by atoms with E-state index in [1.54, 1.807) is 7.11 Å². The van der Waals surface area contributed by atoms with Crippen molar-refractivity contribution < 1.29 is 4.74 Å². The van der Waals surface area contributed by atoms with E-state index in [2.05, 4.69) is 77.8 Å². The molecule has 2 aromatic rings. The number of anilines is 1. The first-order valence-electron chi connectivity index (χ1n) is 8.80. The van der Waals surface area contributed by atoms with Crippen LogP contribution in [0.2, 0.25) is 0 Å². The number of ether oxygens (including phenoxy) is 1.